The number of amides is 1. The highest BCUT2D eigenvalue weighted by Crippen LogP contribution is 2.30. The molecular formula is C23H24N6O4S. The maximum Gasteiger partial charge on any atom is 0.274 e. The van der Waals surface area contributed by atoms with Gasteiger partial charge in [0.25, 0.3) is 5.91 Å². The van der Waals surface area contributed by atoms with E-state index in [0.717, 1.165) is 18.4 Å². The molecule has 0 saturated carbocycles. The van der Waals surface area contributed by atoms with Crippen LogP contribution in [0.1, 0.15) is 40.7 Å². The van der Waals surface area contributed by atoms with E-state index in [-0.39, 0.29) is 11.8 Å². The van der Waals surface area contributed by atoms with Gasteiger partial charge in [-0.25, -0.2) is 17.7 Å². The molecule has 176 valence electrons. The van der Waals surface area contributed by atoms with E-state index >= 15 is 0 Å². The number of hydrogen-bond donors (Lipinski definition) is 1. The van der Waals surface area contributed by atoms with Gasteiger partial charge in [0.05, 0.1) is 18.4 Å². The highest BCUT2D eigenvalue weighted by molar-refractivity contribution is 7.88. The zero-order valence-corrected chi connectivity index (χ0v) is 19.6. The largest absolute Gasteiger partial charge is 0.339 e. The highest BCUT2D eigenvalue weighted by Gasteiger charge is 2.30. The second-order valence-electron chi connectivity index (χ2n) is 8.47. The maximum absolute atomic E-state index is 12.9. The van der Waals surface area contributed by atoms with E-state index < -0.39 is 10.0 Å². The SMILES string of the molecule is Cc1ccc(-c2noc([C@H]3CCCN(S(C)(=O)=O)C3)n2)cc1NC(=O)c1cnc2ccccn12. The van der Waals surface area contributed by atoms with Crippen molar-refractivity contribution in [2.75, 3.05) is 24.7 Å². The highest BCUT2D eigenvalue weighted by atomic mass is 32.2. The normalized spacial score (nSPS) is 17.2. The molecule has 1 fully saturated rings. The van der Waals surface area contributed by atoms with Crippen molar-refractivity contribution < 1.29 is 17.7 Å². The number of nitrogens with zero attached hydrogens (tertiary/aromatic N) is 5. The van der Waals surface area contributed by atoms with Gasteiger partial charge in [-0.3, -0.25) is 9.20 Å². The van der Waals surface area contributed by atoms with Crippen LogP contribution in [0.15, 0.2) is 53.3 Å². The molecule has 11 heteroatoms. The minimum atomic E-state index is -3.27. The monoisotopic (exact) mass is 480 g/mol. The van der Waals surface area contributed by atoms with Crippen molar-refractivity contribution in [3.63, 3.8) is 0 Å². The third kappa shape index (κ3) is 4.31. The van der Waals surface area contributed by atoms with Gasteiger partial charge in [0.1, 0.15) is 11.3 Å². The van der Waals surface area contributed by atoms with Gasteiger partial charge in [-0.2, -0.15) is 4.98 Å². The second-order valence-corrected chi connectivity index (χ2v) is 10.5. The Kier molecular flexibility index (Phi) is 5.66. The summed E-state index contributed by atoms with van der Waals surface area (Å²) in [5.74, 6) is 0.373. The van der Waals surface area contributed by atoms with Crippen LogP contribution in [0.5, 0.6) is 0 Å². The quantitative estimate of drug-likeness (QED) is 0.466. The van der Waals surface area contributed by atoms with Crippen molar-refractivity contribution in [3.8, 4) is 11.4 Å². The smallest absolute Gasteiger partial charge is 0.274 e. The molecule has 1 atom stereocenters. The number of pyridine rings is 1. The van der Waals surface area contributed by atoms with E-state index in [1.165, 1.54) is 10.6 Å². The fourth-order valence-corrected chi connectivity index (χ4v) is 5.06. The first-order chi connectivity index (χ1) is 16.3. The summed E-state index contributed by atoms with van der Waals surface area (Å²) in [6, 6.07) is 11.1. The second kappa shape index (κ2) is 8.65. The van der Waals surface area contributed by atoms with Crippen LogP contribution in [0.4, 0.5) is 5.69 Å². The number of carbonyl (C=O) groups excluding carboxylic acids is 1. The molecule has 4 aromatic rings. The molecule has 1 amide bonds. The number of nitrogens with one attached hydrogen (secondary N) is 1. The summed E-state index contributed by atoms with van der Waals surface area (Å²) in [5, 5.41) is 7.06. The molecule has 34 heavy (non-hydrogen) atoms. The summed E-state index contributed by atoms with van der Waals surface area (Å²) in [7, 11) is -3.27. The Hall–Kier alpha value is -3.57. The van der Waals surface area contributed by atoms with E-state index in [9.17, 15) is 13.2 Å². The minimum absolute atomic E-state index is 0.149. The van der Waals surface area contributed by atoms with Crippen molar-refractivity contribution >= 4 is 27.3 Å². The molecular weight excluding hydrogens is 456 g/mol. The van der Waals surface area contributed by atoms with Crippen molar-refractivity contribution in [2.45, 2.75) is 25.7 Å². The van der Waals surface area contributed by atoms with Crippen molar-refractivity contribution in [2.24, 2.45) is 0 Å². The van der Waals surface area contributed by atoms with Crippen LogP contribution >= 0.6 is 0 Å². The summed E-state index contributed by atoms with van der Waals surface area (Å²) in [4.78, 5) is 21.7. The zero-order valence-electron chi connectivity index (χ0n) is 18.8. The predicted molar refractivity (Wildman–Crippen MR) is 126 cm³/mol. The minimum Gasteiger partial charge on any atom is -0.339 e. The van der Waals surface area contributed by atoms with Crippen LogP contribution in [-0.4, -0.2) is 57.5 Å². The molecule has 10 nitrogen and oxygen atoms in total. The van der Waals surface area contributed by atoms with Crippen molar-refractivity contribution in [1.82, 2.24) is 23.8 Å². The maximum atomic E-state index is 12.9. The average molecular weight is 481 g/mol. The van der Waals surface area contributed by atoms with E-state index in [2.05, 4.69) is 20.4 Å². The lowest BCUT2D eigenvalue weighted by Crippen LogP contribution is -2.38. The number of aromatic nitrogens is 4. The van der Waals surface area contributed by atoms with Gasteiger partial charge in [-0.1, -0.05) is 23.4 Å². The van der Waals surface area contributed by atoms with Crippen LogP contribution in [0.25, 0.3) is 17.0 Å². The van der Waals surface area contributed by atoms with Gasteiger partial charge in [0.15, 0.2) is 0 Å². The van der Waals surface area contributed by atoms with E-state index in [1.54, 1.807) is 22.9 Å². The molecule has 0 spiro atoms. The summed E-state index contributed by atoms with van der Waals surface area (Å²) in [6.07, 6.45) is 6.06. The van der Waals surface area contributed by atoms with E-state index in [0.29, 0.717) is 47.4 Å². The molecule has 0 aliphatic carbocycles. The number of sulfonamides is 1. The molecule has 4 heterocycles. The Balaban J connectivity index is 1.37. The number of benzene rings is 1. The van der Waals surface area contributed by atoms with Crippen LogP contribution in [0, 0.1) is 6.92 Å². The van der Waals surface area contributed by atoms with E-state index in [4.69, 9.17) is 4.52 Å². The number of piperidine rings is 1. The summed E-state index contributed by atoms with van der Waals surface area (Å²) < 4.78 is 32.5. The fourth-order valence-electron chi connectivity index (χ4n) is 4.15. The zero-order chi connectivity index (χ0) is 23.9. The van der Waals surface area contributed by atoms with Crippen LogP contribution in [0.2, 0.25) is 0 Å². The number of imidazole rings is 1. The first-order valence-electron chi connectivity index (χ1n) is 10.9. The van der Waals surface area contributed by atoms with Crippen molar-refractivity contribution in [1.29, 1.82) is 0 Å². The summed E-state index contributed by atoms with van der Waals surface area (Å²) >= 11 is 0. The Morgan fingerprint density at radius 3 is 2.91 bits per heavy atom. The summed E-state index contributed by atoms with van der Waals surface area (Å²) in [6.45, 7) is 2.73. The molecule has 3 aromatic heterocycles. The third-order valence-corrected chi connectivity index (χ3v) is 7.31. The number of anilines is 1. The summed E-state index contributed by atoms with van der Waals surface area (Å²) in [5.41, 5.74) is 3.31. The first kappa shape index (κ1) is 22.2. The first-order valence-corrected chi connectivity index (χ1v) is 12.8. The van der Waals surface area contributed by atoms with E-state index in [1.807, 2.05) is 37.3 Å². The molecule has 0 radical (unpaired) electrons. The van der Waals surface area contributed by atoms with Crippen molar-refractivity contribution in [3.05, 3.63) is 65.9 Å². The fraction of sp³-hybridized carbons (Fsp3) is 0.304. The lowest BCUT2D eigenvalue weighted by atomic mass is 10.00. The Morgan fingerprint density at radius 1 is 1.24 bits per heavy atom. The molecule has 1 N–H and O–H groups in total. The molecule has 0 unspecified atom stereocenters. The lowest BCUT2D eigenvalue weighted by molar-refractivity contribution is 0.102. The van der Waals surface area contributed by atoms with Gasteiger partial charge in [-0.15, -0.1) is 0 Å². The van der Waals surface area contributed by atoms with Gasteiger partial charge in [0.2, 0.25) is 21.7 Å². The average Bonchev–Trinajstić information content (AvgIpc) is 3.48. The number of aryl methyl sites for hydroxylation is 1. The molecule has 5 rings (SSSR count). The number of carbonyl (C=O) groups is 1. The number of rotatable bonds is 5. The van der Waals surface area contributed by atoms with Crippen LogP contribution in [0.3, 0.4) is 0 Å². The Morgan fingerprint density at radius 2 is 2.09 bits per heavy atom. The third-order valence-electron chi connectivity index (χ3n) is 6.04. The predicted octanol–water partition coefficient (Wildman–Crippen LogP) is 3.08. The number of fused-ring (bicyclic) bond motifs is 1. The van der Waals surface area contributed by atoms with Gasteiger partial charge < -0.3 is 9.84 Å². The van der Waals surface area contributed by atoms with Crippen LogP contribution in [-0.2, 0) is 10.0 Å². The topological polar surface area (TPSA) is 123 Å². The van der Waals surface area contributed by atoms with Gasteiger partial charge >= 0.3 is 0 Å². The Labute approximate surface area is 196 Å². The molecule has 0 bridgehead atoms. The molecule has 1 aliphatic heterocycles. The molecule has 1 aliphatic rings. The van der Waals surface area contributed by atoms with Gasteiger partial charge in [-0.05, 0) is 43.5 Å². The van der Waals surface area contributed by atoms with Crippen LogP contribution < -0.4 is 5.32 Å². The number of hydrogen-bond acceptors (Lipinski definition) is 7. The van der Waals surface area contributed by atoms with Gasteiger partial charge in [0, 0.05) is 30.5 Å². The Bertz CT molecular complexity index is 1480. The molecule has 1 saturated heterocycles. The lowest BCUT2D eigenvalue weighted by Gasteiger charge is -2.28. The standard InChI is InChI=1S/C23H24N6O4S/c1-15-8-9-16(12-18(15)25-22(30)19-13-24-20-7-3-4-11-29(19)20)21-26-23(33-27-21)17-6-5-10-28(14-17)34(2,31)32/h3-4,7-9,11-13,17H,5-6,10,14H2,1-2H3,(H,25,30)/t17-/m0/s1. The molecule has 1 aromatic carbocycles.